The quantitative estimate of drug-likeness (QED) is 0.420. The lowest BCUT2D eigenvalue weighted by Gasteiger charge is -2.24. The van der Waals surface area contributed by atoms with Gasteiger partial charge in [0, 0.05) is 0 Å². The van der Waals surface area contributed by atoms with Crippen LogP contribution in [0.3, 0.4) is 0 Å². The first-order valence-electron chi connectivity index (χ1n) is 3.57. The van der Waals surface area contributed by atoms with Gasteiger partial charge < -0.3 is 4.15 Å². The van der Waals surface area contributed by atoms with Crippen LogP contribution in [0.15, 0.2) is 23.9 Å². The normalized spacial score (nSPS) is 14.6. The van der Waals surface area contributed by atoms with Gasteiger partial charge in [0.2, 0.25) is 0 Å². The molecule has 0 spiro atoms. The summed E-state index contributed by atoms with van der Waals surface area (Å²) in [5.41, 5.74) is 0. The zero-order valence-corrected chi connectivity index (χ0v) is 8.93. The van der Waals surface area contributed by atoms with Gasteiger partial charge in [-0.05, 0) is 12.1 Å². The van der Waals surface area contributed by atoms with Gasteiger partial charge in [0.25, 0.3) is 9.68 Å². The Balaban J connectivity index is 4.01. The van der Waals surface area contributed by atoms with Crippen molar-refractivity contribution in [1.82, 2.24) is 0 Å². The van der Waals surface area contributed by atoms with Crippen LogP contribution in [0.4, 0.5) is 0 Å². The van der Waals surface area contributed by atoms with E-state index in [1.54, 1.807) is 0 Å². The Bertz CT molecular complexity index is 142. The fraction of sp³-hybridized carbons (Fsp3) is 0.500. The van der Waals surface area contributed by atoms with E-state index in [-0.39, 0.29) is 9.68 Å². The Morgan fingerprint density at radius 3 is 2.00 bits per heavy atom. The Kier molecular flexibility index (Phi) is 3.61. The highest BCUT2D eigenvalue weighted by Crippen LogP contribution is 1.98. The fourth-order valence-electron chi connectivity index (χ4n) is 0.821. The van der Waals surface area contributed by atoms with Gasteiger partial charge in [0.1, 0.15) is 0 Å². The minimum atomic E-state index is -0.156. The summed E-state index contributed by atoms with van der Waals surface area (Å²) in [6.45, 7) is 5.86. The van der Waals surface area contributed by atoms with Gasteiger partial charge in [-0.15, -0.1) is 0 Å². The lowest BCUT2D eigenvalue weighted by molar-refractivity contribution is -0.754. The van der Waals surface area contributed by atoms with E-state index >= 15 is 0 Å². The monoisotopic (exact) mass is 156 g/mol. The van der Waals surface area contributed by atoms with E-state index in [2.05, 4.69) is 40.7 Å². The van der Waals surface area contributed by atoms with E-state index in [1.165, 1.54) is 5.20 Å². The van der Waals surface area contributed by atoms with Crippen LogP contribution in [-0.2, 0) is 0 Å². The van der Waals surface area contributed by atoms with Crippen LogP contribution in [0.5, 0.6) is 0 Å². The predicted molar refractivity (Wildman–Crippen MR) is 50.5 cm³/mol. The molecule has 0 aliphatic heterocycles. The van der Waals surface area contributed by atoms with Crippen molar-refractivity contribution in [3.63, 3.8) is 0 Å². The second kappa shape index (κ2) is 3.74. The molecule has 0 heterocycles. The number of quaternary nitrogens is 1. The summed E-state index contributed by atoms with van der Waals surface area (Å²) in [6, 6.07) is 0. The lowest BCUT2D eigenvalue weighted by atomic mass is 10.5. The summed E-state index contributed by atoms with van der Waals surface area (Å²) < 4.78 is 1.10. The maximum absolute atomic E-state index is 3.77. The maximum atomic E-state index is 3.77. The molecule has 0 radical (unpaired) electrons. The molecule has 0 saturated heterocycles. The van der Waals surface area contributed by atoms with Crippen molar-refractivity contribution >= 4 is 9.68 Å². The standard InChI is InChI=1S/C8H18NSi/c1-6-8(7-2)10-9(3,4)5/h6-7H,1,10H2,2-5H3/q+1. The molecule has 0 unspecified atom stereocenters. The van der Waals surface area contributed by atoms with Crippen LogP contribution < -0.4 is 0 Å². The van der Waals surface area contributed by atoms with Crippen molar-refractivity contribution in [2.24, 2.45) is 0 Å². The van der Waals surface area contributed by atoms with Crippen molar-refractivity contribution in [3.05, 3.63) is 23.9 Å². The molecule has 1 nitrogen and oxygen atoms in total. The van der Waals surface area contributed by atoms with Crippen LogP contribution in [0.2, 0.25) is 0 Å². The Labute approximate surface area is 66.5 Å². The largest absolute Gasteiger partial charge is 0.392 e. The molecule has 0 N–H and O–H groups in total. The Morgan fingerprint density at radius 1 is 1.40 bits per heavy atom. The molecular weight excluding hydrogens is 138 g/mol. The average Bonchev–Trinajstić information content (AvgIpc) is 1.81. The molecule has 0 atom stereocenters. The Morgan fingerprint density at radius 2 is 1.90 bits per heavy atom. The second-order valence-corrected chi connectivity index (χ2v) is 6.55. The molecule has 0 aliphatic rings. The van der Waals surface area contributed by atoms with Crippen LogP contribution in [0, 0.1) is 0 Å². The van der Waals surface area contributed by atoms with Crippen molar-refractivity contribution < 1.29 is 4.15 Å². The molecule has 0 bridgehead atoms. The third-order valence-corrected chi connectivity index (χ3v) is 3.30. The highest BCUT2D eigenvalue weighted by molar-refractivity contribution is 6.38. The molecule has 2 heteroatoms. The van der Waals surface area contributed by atoms with Gasteiger partial charge >= 0.3 is 0 Å². The van der Waals surface area contributed by atoms with E-state index in [1.807, 2.05) is 6.08 Å². The number of hydrogen-bond donors (Lipinski definition) is 0. The van der Waals surface area contributed by atoms with E-state index in [0.717, 1.165) is 4.15 Å². The first-order chi connectivity index (χ1) is 4.49. The molecule has 0 aromatic rings. The minimum Gasteiger partial charge on any atom is -0.392 e. The minimum absolute atomic E-state index is 0.156. The molecular formula is C8H18NSi+. The summed E-state index contributed by atoms with van der Waals surface area (Å²) in [5, 5.41) is 1.45. The first kappa shape index (κ1) is 9.66. The summed E-state index contributed by atoms with van der Waals surface area (Å²) in [7, 11) is 6.55. The van der Waals surface area contributed by atoms with E-state index in [4.69, 9.17) is 0 Å². The van der Waals surface area contributed by atoms with Crippen LogP contribution in [0.1, 0.15) is 6.92 Å². The third kappa shape index (κ3) is 4.53. The van der Waals surface area contributed by atoms with Crippen LogP contribution in [0.25, 0.3) is 0 Å². The molecule has 0 amide bonds. The molecule has 0 rings (SSSR count). The molecule has 0 fully saturated rings. The Hall–Kier alpha value is -0.343. The number of hydrogen-bond acceptors (Lipinski definition) is 0. The second-order valence-electron chi connectivity index (χ2n) is 3.52. The first-order valence-corrected chi connectivity index (χ1v) is 4.91. The molecule has 0 aliphatic carbocycles. The molecule has 0 saturated carbocycles. The number of nitrogens with zero attached hydrogens (tertiary/aromatic N) is 1. The van der Waals surface area contributed by atoms with E-state index < -0.39 is 0 Å². The van der Waals surface area contributed by atoms with Gasteiger partial charge in [-0.1, -0.05) is 18.7 Å². The van der Waals surface area contributed by atoms with Crippen LogP contribution >= 0.6 is 0 Å². The average molecular weight is 156 g/mol. The van der Waals surface area contributed by atoms with Gasteiger partial charge in [-0.2, -0.15) is 0 Å². The van der Waals surface area contributed by atoms with E-state index in [9.17, 15) is 0 Å². The summed E-state index contributed by atoms with van der Waals surface area (Å²) in [4.78, 5) is 0. The highest BCUT2D eigenvalue weighted by Gasteiger charge is 2.08. The predicted octanol–water partition coefficient (Wildman–Crippen LogP) is 0.866. The SMILES string of the molecule is C=CC(=CC)[SiH2][N+](C)(C)C. The summed E-state index contributed by atoms with van der Waals surface area (Å²) in [5.74, 6) is 0. The molecule has 58 valence electrons. The third-order valence-electron chi connectivity index (χ3n) is 1.29. The summed E-state index contributed by atoms with van der Waals surface area (Å²) >= 11 is 0. The van der Waals surface area contributed by atoms with Gasteiger partial charge in [0.15, 0.2) is 0 Å². The smallest absolute Gasteiger partial charge is 0.286 e. The molecule has 10 heavy (non-hydrogen) atoms. The highest BCUT2D eigenvalue weighted by atomic mass is 28.2. The van der Waals surface area contributed by atoms with Crippen molar-refractivity contribution in [2.45, 2.75) is 6.92 Å². The lowest BCUT2D eigenvalue weighted by Crippen LogP contribution is -2.39. The van der Waals surface area contributed by atoms with Gasteiger partial charge in [0.05, 0.1) is 21.1 Å². The molecule has 0 aromatic carbocycles. The zero-order valence-electron chi connectivity index (χ0n) is 7.52. The fourth-order valence-corrected chi connectivity index (χ4v) is 2.23. The van der Waals surface area contributed by atoms with Crippen molar-refractivity contribution in [2.75, 3.05) is 21.1 Å². The van der Waals surface area contributed by atoms with Gasteiger partial charge in [-0.3, -0.25) is 0 Å². The van der Waals surface area contributed by atoms with Gasteiger partial charge in [-0.25, -0.2) is 0 Å². The van der Waals surface area contributed by atoms with E-state index in [0.29, 0.717) is 0 Å². The number of rotatable bonds is 3. The topological polar surface area (TPSA) is 0 Å². The van der Waals surface area contributed by atoms with Crippen molar-refractivity contribution in [1.29, 1.82) is 0 Å². The zero-order chi connectivity index (χ0) is 8.20. The number of allylic oxidation sites excluding steroid dienone is 3. The van der Waals surface area contributed by atoms with Crippen LogP contribution in [-0.4, -0.2) is 35.0 Å². The maximum Gasteiger partial charge on any atom is 0.286 e. The summed E-state index contributed by atoms with van der Waals surface area (Å²) in [6.07, 6.45) is 4.15. The molecule has 0 aromatic heterocycles. The van der Waals surface area contributed by atoms with Crippen molar-refractivity contribution in [3.8, 4) is 0 Å².